The minimum atomic E-state index is -0.123. The number of aromatic nitrogens is 2. The van der Waals surface area contributed by atoms with Crippen LogP contribution in [-0.2, 0) is 0 Å². The molecule has 5 nitrogen and oxygen atoms in total. The van der Waals surface area contributed by atoms with Gasteiger partial charge in [-0.3, -0.25) is 4.79 Å². The van der Waals surface area contributed by atoms with E-state index in [1.807, 2.05) is 0 Å². The lowest BCUT2D eigenvalue weighted by Gasteiger charge is -2.35. The van der Waals surface area contributed by atoms with Gasteiger partial charge in [-0.05, 0) is 45.7 Å². The Morgan fingerprint density at radius 3 is 2.54 bits per heavy atom. The molecule has 0 spiro atoms. The van der Waals surface area contributed by atoms with Crippen LogP contribution < -0.4 is 4.90 Å². The molecule has 1 saturated heterocycles. The molecule has 1 amide bonds. The molecule has 0 aliphatic carbocycles. The van der Waals surface area contributed by atoms with Gasteiger partial charge in [0.15, 0.2) is 0 Å². The van der Waals surface area contributed by atoms with Gasteiger partial charge in [0, 0.05) is 37.4 Å². The maximum absolute atomic E-state index is 12.6. The zero-order chi connectivity index (χ0) is 17.3. The fraction of sp³-hybridized carbons (Fsp3) is 0.267. The molecular formula is C15H12BrCl3N4O. The molecule has 1 aliphatic heterocycles. The highest BCUT2D eigenvalue weighted by molar-refractivity contribution is 9.10. The first-order valence-electron chi connectivity index (χ1n) is 7.13. The topological polar surface area (TPSA) is 49.3 Å². The number of carbonyl (C=O) groups excluding carboxylic acids is 1. The van der Waals surface area contributed by atoms with E-state index in [0.717, 1.165) is 10.3 Å². The van der Waals surface area contributed by atoms with Crippen molar-refractivity contribution in [2.45, 2.75) is 0 Å². The smallest absolute Gasteiger partial charge is 0.255 e. The minimum Gasteiger partial charge on any atom is -0.352 e. The van der Waals surface area contributed by atoms with Crippen LogP contribution in [0.15, 0.2) is 28.9 Å². The third-order valence-electron chi connectivity index (χ3n) is 3.72. The lowest BCUT2D eigenvalue weighted by atomic mass is 10.1. The lowest BCUT2D eigenvalue weighted by Crippen LogP contribution is -2.49. The Balaban J connectivity index is 1.72. The van der Waals surface area contributed by atoms with Crippen molar-refractivity contribution < 1.29 is 4.79 Å². The van der Waals surface area contributed by atoms with E-state index in [1.54, 1.807) is 29.3 Å². The van der Waals surface area contributed by atoms with E-state index in [1.165, 1.54) is 0 Å². The second kappa shape index (κ2) is 7.44. The number of piperazine rings is 1. The predicted octanol–water partition coefficient (Wildman–Crippen LogP) is 4.16. The van der Waals surface area contributed by atoms with E-state index < -0.39 is 0 Å². The molecule has 2 aromatic rings. The summed E-state index contributed by atoms with van der Waals surface area (Å²) < 4.78 is 0.768. The number of halogens is 4. The van der Waals surface area contributed by atoms with Gasteiger partial charge in [-0.1, -0.05) is 23.2 Å². The summed E-state index contributed by atoms with van der Waals surface area (Å²) in [5.74, 6) is 0.602. The predicted molar refractivity (Wildman–Crippen MR) is 99.3 cm³/mol. The lowest BCUT2D eigenvalue weighted by molar-refractivity contribution is 0.0746. The molecule has 0 atom stereocenters. The van der Waals surface area contributed by atoms with Crippen molar-refractivity contribution in [3.8, 4) is 0 Å². The standard InChI is InChI=1S/C15H12BrCl3N4O/c16-11-8-20-15(19)21-13(11)22-3-5-23(6-4-22)14(24)10-7-9(17)1-2-12(10)18/h1-2,7-8H,3-6H2. The molecule has 2 heterocycles. The molecule has 9 heteroatoms. The number of hydrogen-bond donors (Lipinski definition) is 0. The largest absolute Gasteiger partial charge is 0.352 e. The number of rotatable bonds is 2. The van der Waals surface area contributed by atoms with Gasteiger partial charge in [0.2, 0.25) is 5.28 Å². The van der Waals surface area contributed by atoms with E-state index in [0.29, 0.717) is 41.8 Å². The highest BCUT2D eigenvalue weighted by atomic mass is 79.9. The SMILES string of the molecule is O=C(c1cc(Cl)ccc1Cl)N1CCN(c2nc(Cl)ncc2Br)CC1. The zero-order valence-corrected chi connectivity index (χ0v) is 16.2. The zero-order valence-electron chi connectivity index (χ0n) is 12.3. The van der Waals surface area contributed by atoms with Crippen molar-refractivity contribution in [3.05, 3.63) is 49.8 Å². The van der Waals surface area contributed by atoms with Gasteiger partial charge >= 0.3 is 0 Å². The molecule has 1 fully saturated rings. The van der Waals surface area contributed by atoms with Gasteiger partial charge in [0.05, 0.1) is 15.1 Å². The second-order valence-electron chi connectivity index (χ2n) is 5.21. The van der Waals surface area contributed by atoms with Crippen molar-refractivity contribution >= 4 is 62.5 Å². The van der Waals surface area contributed by atoms with Crippen LogP contribution in [0.3, 0.4) is 0 Å². The van der Waals surface area contributed by atoms with Crippen LogP contribution in [-0.4, -0.2) is 47.0 Å². The molecular weight excluding hydrogens is 438 g/mol. The summed E-state index contributed by atoms with van der Waals surface area (Å²) in [5, 5.41) is 1.08. The quantitative estimate of drug-likeness (QED) is 0.645. The van der Waals surface area contributed by atoms with Gasteiger partial charge in [0.1, 0.15) is 5.82 Å². The van der Waals surface area contributed by atoms with Gasteiger partial charge in [-0.15, -0.1) is 0 Å². The van der Waals surface area contributed by atoms with Crippen molar-refractivity contribution in [2.24, 2.45) is 0 Å². The van der Waals surface area contributed by atoms with Crippen molar-refractivity contribution in [1.29, 1.82) is 0 Å². The van der Waals surface area contributed by atoms with Gasteiger partial charge in [0.25, 0.3) is 5.91 Å². The van der Waals surface area contributed by atoms with Crippen molar-refractivity contribution in [3.63, 3.8) is 0 Å². The third-order valence-corrected chi connectivity index (χ3v) is 5.03. The number of anilines is 1. The minimum absolute atomic E-state index is 0.123. The Morgan fingerprint density at radius 2 is 1.83 bits per heavy atom. The van der Waals surface area contributed by atoms with Crippen LogP contribution in [0.1, 0.15) is 10.4 Å². The normalized spacial score (nSPS) is 14.8. The number of nitrogens with zero attached hydrogens (tertiary/aromatic N) is 4. The first kappa shape index (κ1) is 17.7. The Bertz CT molecular complexity index is 781. The van der Waals surface area contributed by atoms with Crippen LogP contribution in [0.2, 0.25) is 15.3 Å². The Labute approximate surface area is 162 Å². The van der Waals surface area contributed by atoms with E-state index in [2.05, 4.69) is 30.8 Å². The summed E-state index contributed by atoms with van der Waals surface area (Å²) in [7, 11) is 0. The summed E-state index contributed by atoms with van der Waals surface area (Å²) in [5.41, 5.74) is 0.420. The molecule has 0 N–H and O–H groups in total. The molecule has 1 aromatic heterocycles. The fourth-order valence-corrected chi connectivity index (χ4v) is 3.45. The molecule has 0 radical (unpaired) electrons. The summed E-state index contributed by atoms with van der Waals surface area (Å²) >= 11 is 21.4. The molecule has 0 bridgehead atoms. The van der Waals surface area contributed by atoms with Crippen LogP contribution in [0.4, 0.5) is 5.82 Å². The monoisotopic (exact) mass is 448 g/mol. The van der Waals surface area contributed by atoms with Crippen LogP contribution >= 0.6 is 50.7 Å². The van der Waals surface area contributed by atoms with Crippen LogP contribution in [0, 0.1) is 0 Å². The highest BCUT2D eigenvalue weighted by Crippen LogP contribution is 2.26. The highest BCUT2D eigenvalue weighted by Gasteiger charge is 2.25. The van der Waals surface area contributed by atoms with Crippen LogP contribution in [0.25, 0.3) is 0 Å². The van der Waals surface area contributed by atoms with E-state index in [4.69, 9.17) is 34.8 Å². The number of carbonyl (C=O) groups is 1. The summed E-state index contributed by atoms with van der Waals surface area (Å²) in [6, 6.07) is 4.89. The molecule has 1 aromatic carbocycles. The first-order chi connectivity index (χ1) is 11.5. The number of amides is 1. The maximum Gasteiger partial charge on any atom is 0.255 e. The number of hydrogen-bond acceptors (Lipinski definition) is 4. The molecule has 3 rings (SSSR count). The third kappa shape index (κ3) is 3.77. The van der Waals surface area contributed by atoms with Crippen molar-refractivity contribution in [1.82, 2.24) is 14.9 Å². The Kier molecular flexibility index (Phi) is 5.49. The molecule has 0 saturated carbocycles. The molecule has 126 valence electrons. The second-order valence-corrected chi connectivity index (χ2v) is 7.25. The Morgan fingerprint density at radius 1 is 1.12 bits per heavy atom. The van der Waals surface area contributed by atoms with Gasteiger partial charge < -0.3 is 9.80 Å². The Hall–Kier alpha value is -1.08. The molecule has 1 aliphatic rings. The molecule has 0 unspecified atom stereocenters. The first-order valence-corrected chi connectivity index (χ1v) is 9.05. The van der Waals surface area contributed by atoms with Crippen molar-refractivity contribution in [2.75, 3.05) is 31.1 Å². The fourth-order valence-electron chi connectivity index (χ4n) is 2.51. The summed E-state index contributed by atoms with van der Waals surface area (Å²) in [6.07, 6.45) is 1.62. The summed E-state index contributed by atoms with van der Waals surface area (Å²) in [4.78, 5) is 24.6. The van der Waals surface area contributed by atoms with Gasteiger partial charge in [-0.25, -0.2) is 4.98 Å². The summed E-state index contributed by atoms with van der Waals surface area (Å²) in [6.45, 7) is 2.37. The number of benzene rings is 1. The van der Waals surface area contributed by atoms with E-state index in [9.17, 15) is 4.79 Å². The maximum atomic E-state index is 12.6. The average molecular weight is 451 g/mol. The van der Waals surface area contributed by atoms with E-state index in [-0.39, 0.29) is 11.2 Å². The average Bonchev–Trinajstić information content (AvgIpc) is 2.59. The van der Waals surface area contributed by atoms with Gasteiger partial charge in [-0.2, -0.15) is 4.98 Å². The van der Waals surface area contributed by atoms with Crippen LogP contribution in [0.5, 0.6) is 0 Å². The van der Waals surface area contributed by atoms with E-state index >= 15 is 0 Å². The molecule has 24 heavy (non-hydrogen) atoms.